The Balaban J connectivity index is 4.66. The molecule has 0 bridgehead atoms. The summed E-state index contributed by atoms with van der Waals surface area (Å²) in [7, 11) is 2.12. The minimum absolute atomic E-state index is 0.154. The molecule has 0 aromatic heterocycles. The molecule has 0 aliphatic heterocycles. The molecular weight excluding hydrogens is 252 g/mol. The number of esters is 1. The zero-order chi connectivity index (χ0) is 16.0. The molecule has 0 fully saturated rings. The van der Waals surface area contributed by atoms with Gasteiger partial charge >= 0.3 is 5.97 Å². The minimum Gasteiger partial charge on any atom is -0.465 e. The van der Waals surface area contributed by atoms with Crippen molar-refractivity contribution in [3.05, 3.63) is 0 Å². The number of carbonyl (C=O) groups excluding carboxylic acids is 1. The second-order valence-corrected chi connectivity index (χ2v) is 6.86. The largest absolute Gasteiger partial charge is 0.465 e. The van der Waals surface area contributed by atoms with Gasteiger partial charge in [0.05, 0.1) is 6.61 Å². The van der Waals surface area contributed by atoms with Gasteiger partial charge in [-0.2, -0.15) is 0 Å². The molecule has 0 rings (SSSR count). The van der Waals surface area contributed by atoms with Crippen LogP contribution in [-0.2, 0) is 9.53 Å². The molecule has 0 aliphatic rings. The number of carbonyl (C=O) groups is 1. The van der Waals surface area contributed by atoms with Crippen molar-refractivity contribution in [1.82, 2.24) is 10.2 Å². The maximum atomic E-state index is 12.1. The maximum absolute atomic E-state index is 12.1. The molecule has 0 heterocycles. The van der Waals surface area contributed by atoms with E-state index in [0.29, 0.717) is 12.6 Å². The van der Waals surface area contributed by atoms with E-state index in [0.717, 1.165) is 19.5 Å². The first-order valence-electron chi connectivity index (χ1n) is 7.71. The van der Waals surface area contributed by atoms with Gasteiger partial charge in [0, 0.05) is 12.6 Å². The monoisotopic (exact) mass is 286 g/mol. The van der Waals surface area contributed by atoms with Crippen molar-refractivity contribution in [2.24, 2.45) is 5.41 Å². The van der Waals surface area contributed by atoms with Crippen LogP contribution in [0.15, 0.2) is 0 Å². The fraction of sp³-hybridized carbons (Fsp3) is 0.938. The molecule has 120 valence electrons. The number of hydrogen-bond acceptors (Lipinski definition) is 4. The molecule has 1 N–H and O–H groups in total. The SMILES string of the molecule is CCNC(C)(CCN(C)C(C)C(C)(C)C)C(=O)OCC. The van der Waals surface area contributed by atoms with E-state index in [1.54, 1.807) is 0 Å². The number of nitrogens with zero attached hydrogens (tertiary/aromatic N) is 1. The molecule has 2 unspecified atom stereocenters. The molecule has 0 spiro atoms. The number of hydrogen-bond donors (Lipinski definition) is 1. The van der Waals surface area contributed by atoms with E-state index in [9.17, 15) is 4.79 Å². The first-order chi connectivity index (χ1) is 9.08. The van der Waals surface area contributed by atoms with Crippen molar-refractivity contribution in [2.45, 2.75) is 66.5 Å². The molecule has 2 atom stereocenters. The molecule has 0 saturated heterocycles. The van der Waals surface area contributed by atoms with E-state index in [1.165, 1.54) is 0 Å². The summed E-state index contributed by atoms with van der Waals surface area (Å²) < 4.78 is 5.20. The average Bonchev–Trinajstić information content (AvgIpc) is 2.34. The molecule has 0 radical (unpaired) electrons. The lowest BCUT2D eigenvalue weighted by molar-refractivity contribution is -0.151. The van der Waals surface area contributed by atoms with Crippen LogP contribution in [0.2, 0.25) is 0 Å². The molecule has 0 aromatic rings. The Morgan fingerprint density at radius 3 is 2.20 bits per heavy atom. The zero-order valence-electron chi connectivity index (χ0n) is 14.7. The van der Waals surface area contributed by atoms with Crippen LogP contribution in [-0.4, -0.2) is 49.2 Å². The lowest BCUT2D eigenvalue weighted by atomic mass is 9.86. The van der Waals surface area contributed by atoms with Gasteiger partial charge in [-0.1, -0.05) is 27.7 Å². The van der Waals surface area contributed by atoms with Crippen LogP contribution in [0, 0.1) is 5.41 Å². The number of likely N-dealkylation sites (N-methyl/N-ethyl adjacent to an activating group) is 1. The van der Waals surface area contributed by atoms with Crippen LogP contribution in [0.3, 0.4) is 0 Å². The Morgan fingerprint density at radius 2 is 1.80 bits per heavy atom. The van der Waals surface area contributed by atoms with Crippen LogP contribution in [0.25, 0.3) is 0 Å². The first kappa shape index (κ1) is 19.4. The highest BCUT2D eigenvalue weighted by molar-refractivity contribution is 5.80. The van der Waals surface area contributed by atoms with Crippen LogP contribution in [0.5, 0.6) is 0 Å². The zero-order valence-corrected chi connectivity index (χ0v) is 14.7. The van der Waals surface area contributed by atoms with E-state index in [4.69, 9.17) is 4.74 Å². The van der Waals surface area contributed by atoms with E-state index >= 15 is 0 Å². The predicted molar refractivity (Wildman–Crippen MR) is 84.9 cm³/mol. The van der Waals surface area contributed by atoms with Gasteiger partial charge < -0.3 is 15.0 Å². The summed E-state index contributed by atoms with van der Waals surface area (Å²) in [5.41, 5.74) is -0.371. The third kappa shape index (κ3) is 5.80. The lowest BCUT2D eigenvalue weighted by Gasteiger charge is -2.37. The van der Waals surface area contributed by atoms with E-state index < -0.39 is 5.54 Å². The summed E-state index contributed by atoms with van der Waals surface area (Å²) in [6.07, 6.45) is 0.747. The van der Waals surface area contributed by atoms with Crippen molar-refractivity contribution in [3.8, 4) is 0 Å². The fourth-order valence-corrected chi connectivity index (χ4v) is 2.20. The smallest absolute Gasteiger partial charge is 0.326 e. The minimum atomic E-state index is -0.601. The van der Waals surface area contributed by atoms with E-state index in [2.05, 4.69) is 45.0 Å². The Kier molecular flexibility index (Phi) is 7.74. The summed E-state index contributed by atoms with van der Waals surface area (Å²) in [4.78, 5) is 14.4. The second kappa shape index (κ2) is 7.99. The van der Waals surface area contributed by atoms with Gasteiger partial charge in [0.15, 0.2) is 0 Å². The van der Waals surface area contributed by atoms with E-state index in [-0.39, 0.29) is 11.4 Å². The predicted octanol–water partition coefficient (Wildman–Crippen LogP) is 2.67. The first-order valence-corrected chi connectivity index (χ1v) is 7.71. The van der Waals surface area contributed by atoms with Crippen molar-refractivity contribution in [2.75, 3.05) is 26.7 Å². The summed E-state index contributed by atoms with van der Waals surface area (Å²) in [6, 6.07) is 0.454. The lowest BCUT2D eigenvalue weighted by Crippen LogP contribution is -2.53. The van der Waals surface area contributed by atoms with Crippen molar-refractivity contribution >= 4 is 5.97 Å². The van der Waals surface area contributed by atoms with Crippen molar-refractivity contribution < 1.29 is 9.53 Å². The number of rotatable bonds is 8. The Bertz CT molecular complexity index is 299. The molecular formula is C16H34N2O2. The molecule has 0 aromatic carbocycles. The van der Waals surface area contributed by atoms with Crippen LogP contribution in [0.4, 0.5) is 0 Å². The summed E-state index contributed by atoms with van der Waals surface area (Å²) in [5.74, 6) is -0.154. The van der Waals surface area contributed by atoms with Crippen LogP contribution >= 0.6 is 0 Å². The molecule has 0 saturated carbocycles. The van der Waals surface area contributed by atoms with Gasteiger partial charge in [0.25, 0.3) is 0 Å². The normalized spacial score (nSPS) is 16.9. The Hall–Kier alpha value is -0.610. The third-order valence-electron chi connectivity index (χ3n) is 4.17. The number of ether oxygens (including phenoxy) is 1. The molecule has 4 nitrogen and oxygen atoms in total. The summed E-state index contributed by atoms with van der Waals surface area (Å²) in [6.45, 7) is 16.8. The topological polar surface area (TPSA) is 41.6 Å². The van der Waals surface area contributed by atoms with Gasteiger partial charge in [-0.05, 0) is 46.2 Å². The van der Waals surface area contributed by atoms with Gasteiger partial charge in [-0.3, -0.25) is 4.79 Å². The van der Waals surface area contributed by atoms with Crippen LogP contribution < -0.4 is 5.32 Å². The highest BCUT2D eigenvalue weighted by atomic mass is 16.5. The summed E-state index contributed by atoms with van der Waals surface area (Å²) >= 11 is 0. The maximum Gasteiger partial charge on any atom is 0.326 e. The van der Waals surface area contributed by atoms with E-state index in [1.807, 2.05) is 20.8 Å². The van der Waals surface area contributed by atoms with Crippen LogP contribution in [0.1, 0.15) is 54.9 Å². The fourth-order valence-electron chi connectivity index (χ4n) is 2.20. The Morgan fingerprint density at radius 1 is 1.25 bits per heavy atom. The van der Waals surface area contributed by atoms with Gasteiger partial charge in [0.2, 0.25) is 0 Å². The Labute approximate surface area is 125 Å². The van der Waals surface area contributed by atoms with Gasteiger partial charge in [0.1, 0.15) is 5.54 Å². The van der Waals surface area contributed by atoms with Gasteiger partial charge in [-0.15, -0.1) is 0 Å². The van der Waals surface area contributed by atoms with Gasteiger partial charge in [-0.25, -0.2) is 0 Å². The standard InChI is InChI=1S/C16H34N2O2/c1-9-17-16(7,14(19)20-10-2)11-12-18(8)13(3)15(4,5)6/h13,17H,9-12H2,1-8H3. The third-order valence-corrected chi connectivity index (χ3v) is 4.17. The van der Waals surface area contributed by atoms with Crippen molar-refractivity contribution in [3.63, 3.8) is 0 Å². The molecule has 0 amide bonds. The number of nitrogens with one attached hydrogen (secondary N) is 1. The highest BCUT2D eigenvalue weighted by Crippen LogP contribution is 2.24. The highest BCUT2D eigenvalue weighted by Gasteiger charge is 2.34. The molecule has 0 aliphatic carbocycles. The second-order valence-electron chi connectivity index (χ2n) is 6.86. The quantitative estimate of drug-likeness (QED) is 0.697. The summed E-state index contributed by atoms with van der Waals surface area (Å²) in [5, 5.41) is 3.28. The molecule has 20 heavy (non-hydrogen) atoms. The molecule has 4 heteroatoms. The average molecular weight is 286 g/mol. The van der Waals surface area contributed by atoms with Crippen molar-refractivity contribution in [1.29, 1.82) is 0 Å².